The van der Waals surface area contributed by atoms with E-state index in [1.165, 1.54) is 25.3 Å². The molecule has 0 aliphatic carbocycles. The zero-order valence-electron chi connectivity index (χ0n) is 14.0. The minimum absolute atomic E-state index is 0.104. The SMILES string of the molecule is COc1ccc(C(=O)Nc2cccc(Cn3cccn3)c2)cc1[N+](=O)[O-]. The van der Waals surface area contributed by atoms with E-state index in [0.29, 0.717) is 12.2 Å². The van der Waals surface area contributed by atoms with E-state index in [2.05, 4.69) is 10.4 Å². The number of hydrogen-bond donors (Lipinski definition) is 1. The Morgan fingerprint density at radius 3 is 2.81 bits per heavy atom. The van der Waals surface area contributed by atoms with E-state index in [1.807, 2.05) is 30.5 Å². The number of nitrogens with zero attached hydrogens (tertiary/aromatic N) is 3. The number of rotatable bonds is 6. The van der Waals surface area contributed by atoms with Crippen LogP contribution in [0.5, 0.6) is 5.75 Å². The van der Waals surface area contributed by atoms with Crippen molar-refractivity contribution in [2.45, 2.75) is 6.54 Å². The molecule has 3 rings (SSSR count). The monoisotopic (exact) mass is 352 g/mol. The second kappa shape index (κ2) is 7.47. The maximum atomic E-state index is 12.4. The summed E-state index contributed by atoms with van der Waals surface area (Å²) in [5.41, 5.74) is 1.48. The van der Waals surface area contributed by atoms with E-state index < -0.39 is 10.8 Å². The van der Waals surface area contributed by atoms with E-state index >= 15 is 0 Å². The molecule has 8 nitrogen and oxygen atoms in total. The number of hydrogen-bond acceptors (Lipinski definition) is 5. The smallest absolute Gasteiger partial charge is 0.311 e. The molecule has 26 heavy (non-hydrogen) atoms. The fourth-order valence-electron chi connectivity index (χ4n) is 2.51. The Kier molecular flexibility index (Phi) is 4.93. The van der Waals surface area contributed by atoms with Crippen molar-refractivity contribution >= 4 is 17.3 Å². The Labute approximate surface area is 149 Å². The van der Waals surface area contributed by atoms with Crippen LogP contribution in [-0.2, 0) is 6.54 Å². The van der Waals surface area contributed by atoms with Crippen LogP contribution in [-0.4, -0.2) is 27.7 Å². The van der Waals surface area contributed by atoms with Gasteiger partial charge in [-0.25, -0.2) is 0 Å². The molecule has 1 heterocycles. The second-order valence-corrected chi connectivity index (χ2v) is 5.50. The van der Waals surface area contributed by atoms with Crippen LogP contribution in [0.3, 0.4) is 0 Å². The molecular weight excluding hydrogens is 336 g/mol. The van der Waals surface area contributed by atoms with Gasteiger partial charge in [0, 0.05) is 29.7 Å². The molecule has 0 spiro atoms. The van der Waals surface area contributed by atoms with Crippen molar-refractivity contribution in [3.63, 3.8) is 0 Å². The number of carbonyl (C=O) groups is 1. The molecule has 1 N–H and O–H groups in total. The van der Waals surface area contributed by atoms with Gasteiger partial charge in [-0.2, -0.15) is 5.10 Å². The van der Waals surface area contributed by atoms with Crippen LogP contribution < -0.4 is 10.1 Å². The summed E-state index contributed by atoms with van der Waals surface area (Å²) in [7, 11) is 1.34. The predicted molar refractivity (Wildman–Crippen MR) is 95.4 cm³/mol. The Balaban J connectivity index is 1.77. The van der Waals surface area contributed by atoms with Gasteiger partial charge < -0.3 is 10.1 Å². The average molecular weight is 352 g/mol. The molecule has 0 bridgehead atoms. The van der Waals surface area contributed by atoms with E-state index in [1.54, 1.807) is 16.9 Å². The number of nitro benzene ring substituents is 1. The number of amides is 1. The van der Waals surface area contributed by atoms with Crippen LogP contribution in [0, 0.1) is 10.1 Å². The van der Waals surface area contributed by atoms with Gasteiger partial charge in [-0.15, -0.1) is 0 Å². The van der Waals surface area contributed by atoms with E-state index in [4.69, 9.17) is 4.74 Å². The van der Waals surface area contributed by atoms with Crippen molar-refractivity contribution < 1.29 is 14.5 Å². The van der Waals surface area contributed by atoms with Crippen molar-refractivity contribution in [3.05, 3.63) is 82.2 Å². The lowest BCUT2D eigenvalue weighted by molar-refractivity contribution is -0.385. The summed E-state index contributed by atoms with van der Waals surface area (Å²) in [6.07, 6.45) is 3.55. The Hall–Kier alpha value is -3.68. The molecule has 1 aromatic heterocycles. The number of ether oxygens (including phenoxy) is 1. The Morgan fingerprint density at radius 2 is 2.12 bits per heavy atom. The molecule has 0 radical (unpaired) electrons. The standard InChI is InChI=1S/C18H16N4O4/c1-26-17-7-6-14(11-16(17)22(24)25)18(23)20-15-5-2-4-13(10-15)12-21-9-3-8-19-21/h2-11H,12H2,1H3,(H,20,23). The van der Waals surface area contributed by atoms with Gasteiger partial charge in [-0.1, -0.05) is 12.1 Å². The van der Waals surface area contributed by atoms with Gasteiger partial charge in [-0.3, -0.25) is 19.6 Å². The number of nitro groups is 1. The lowest BCUT2D eigenvalue weighted by Crippen LogP contribution is -2.12. The van der Waals surface area contributed by atoms with Crippen LogP contribution in [0.25, 0.3) is 0 Å². The summed E-state index contributed by atoms with van der Waals surface area (Å²) in [5.74, 6) is -0.334. The molecule has 0 aliphatic heterocycles. The van der Waals surface area contributed by atoms with Crippen molar-refractivity contribution in [2.75, 3.05) is 12.4 Å². The Bertz CT molecular complexity index is 938. The highest BCUT2D eigenvalue weighted by Gasteiger charge is 2.18. The second-order valence-electron chi connectivity index (χ2n) is 5.50. The maximum Gasteiger partial charge on any atom is 0.311 e. The summed E-state index contributed by atoms with van der Waals surface area (Å²) >= 11 is 0. The molecular formula is C18H16N4O4. The molecule has 0 saturated heterocycles. The fraction of sp³-hybridized carbons (Fsp3) is 0.111. The van der Waals surface area contributed by atoms with E-state index in [0.717, 1.165) is 5.56 Å². The van der Waals surface area contributed by atoms with Gasteiger partial charge in [0.15, 0.2) is 5.75 Å². The molecule has 1 amide bonds. The molecule has 2 aromatic carbocycles. The third-order valence-electron chi connectivity index (χ3n) is 3.73. The highest BCUT2D eigenvalue weighted by molar-refractivity contribution is 6.04. The Morgan fingerprint density at radius 1 is 1.27 bits per heavy atom. The van der Waals surface area contributed by atoms with Crippen LogP contribution in [0.1, 0.15) is 15.9 Å². The van der Waals surface area contributed by atoms with Gasteiger partial charge in [0.05, 0.1) is 18.6 Å². The van der Waals surface area contributed by atoms with Crippen LogP contribution >= 0.6 is 0 Å². The molecule has 3 aromatic rings. The molecule has 0 saturated carbocycles. The fourth-order valence-corrected chi connectivity index (χ4v) is 2.51. The van der Waals surface area contributed by atoms with Gasteiger partial charge in [0.2, 0.25) is 0 Å². The van der Waals surface area contributed by atoms with Gasteiger partial charge in [0.25, 0.3) is 5.91 Å². The molecule has 0 unspecified atom stereocenters. The summed E-state index contributed by atoms with van der Waals surface area (Å²) in [6.45, 7) is 0.574. The van der Waals surface area contributed by atoms with Crippen molar-refractivity contribution in [1.29, 1.82) is 0 Å². The van der Waals surface area contributed by atoms with Crippen molar-refractivity contribution in [2.24, 2.45) is 0 Å². The number of aromatic nitrogens is 2. The minimum atomic E-state index is -0.583. The van der Waals surface area contributed by atoms with Crippen LogP contribution in [0.4, 0.5) is 11.4 Å². The molecule has 0 fully saturated rings. The number of methoxy groups -OCH3 is 1. The summed E-state index contributed by atoms with van der Waals surface area (Å²) < 4.78 is 6.72. The average Bonchev–Trinajstić information content (AvgIpc) is 3.14. The number of carbonyl (C=O) groups excluding carboxylic acids is 1. The molecule has 0 aliphatic rings. The minimum Gasteiger partial charge on any atom is -0.490 e. The maximum absolute atomic E-state index is 12.4. The molecule has 0 atom stereocenters. The third kappa shape index (κ3) is 3.86. The highest BCUT2D eigenvalue weighted by Crippen LogP contribution is 2.27. The van der Waals surface area contributed by atoms with Gasteiger partial charge >= 0.3 is 5.69 Å². The normalized spacial score (nSPS) is 10.3. The lowest BCUT2D eigenvalue weighted by atomic mass is 10.1. The number of nitrogens with one attached hydrogen (secondary N) is 1. The molecule has 8 heteroatoms. The zero-order chi connectivity index (χ0) is 18.5. The van der Waals surface area contributed by atoms with Gasteiger partial charge in [0.1, 0.15) is 0 Å². The first-order valence-corrected chi connectivity index (χ1v) is 7.77. The summed E-state index contributed by atoms with van der Waals surface area (Å²) in [6, 6.07) is 13.3. The van der Waals surface area contributed by atoms with E-state index in [-0.39, 0.29) is 17.0 Å². The van der Waals surface area contributed by atoms with Crippen LogP contribution in [0.2, 0.25) is 0 Å². The summed E-state index contributed by atoms with van der Waals surface area (Å²) in [4.78, 5) is 22.9. The van der Waals surface area contributed by atoms with Crippen LogP contribution in [0.15, 0.2) is 60.9 Å². The first-order chi connectivity index (χ1) is 12.6. The summed E-state index contributed by atoms with van der Waals surface area (Å²) in [5, 5.41) is 18.0. The van der Waals surface area contributed by atoms with Crippen molar-refractivity contribution in [3.8, 4) is 5.75 Å². The molecule has 132 valence electrons. The number of anilines is 1. The predicted octanol–water partition coefficient (Wildman–Crippen LogP) is 3.10. The largest absolute Gasteiger partial charge is 0.490 e. The first kappa shape index (κ1) is 17.2. The number of benzene rings is 2. The zero-order valence-corrected chi connectivity index (χ0v) is 14.0. The van der Waals surface area contributed by atoms with E-state index in [9.17, 15) is 14.9 Å². The highest BCUT2D eigenvalue weighted by atomic mass is 16.6. The third-order valence-corrected chi connectivity index (χ3v) is 3.73. The quantitative estimate of drug-likeness (QED) is 0.543. The van der Waals surface area contributed by atoms with Crippen molar-refractivity contribution in [1.82, 2.24) is 9.78 Å². The first-order valence-electron chi connectivity index (χ1n) is 7.77. The topological polar surface area (TPSA) is 99.3 Å². The van der Waals surface area contributed by atoms with Gasteiger partial charge in [-0.05, 0) is 35.9 Å². The lowest BCUT2D eigenvalue weighted by Gasteiger charge is -2.09.